The van der Waals surface area contributed by atoms with E-state index in [4.69, 9.17) is 34.2 Å². The number of carbonyl (C=O) groups is 10. The van der Waals surface area contributed by atoms with Crippen LogP contribution >= 0.6 is 21.6 Å². The molecule has 3 aromatic carbocycles. The number of hydrogen-bond acceptors (Lipinski definition) is 20. The molecule has 4 atom stereocenters. The van der Waals surface area contributed by atoms with Gasteiger partial charge in [-0.3, -0.25) is 49.1 Å². The number of primary amides is 1. The van der Waals surface area contributed by atoms with Crippen molar-refractivity contribution in [2.75, 3.05) is 95.1 Å². The van der Waals surface area contributed by atoms with Crippen LogP contribution < -0.4 is 56.6 Å². The number of likely N-dealkylation sites (tertiary alicyclic amines) is 2. The van der Waals surface area contributed by atoms with Crippen LogP contribution in [0, 0.1) is 5.92 Å². The molecule has 3 aromatic rings. The standard InChI is InChI=1S/C70H94N10O18S2/c1-8-99-100-70(25-16-26-70)42-98-69(92)76-54-36-58(56(94-7)34-51(54)66(89)80-38-45(5)32-49(80)40-82)96-30-14-10-13-29-95-57-35-53(50(33-55(57)93-6)65(88)79-37-44(4)31-48(79)39-81)75-68(91)97-41-46-19-21-47(22-20-46)73-63(86)52(17-15-27-72-67(71)90)74-64(87)62(43(2)3)77-59(83)18-11-9-12-28-78-60(84)23-24-61(78)85/h19-24,33-36,43,48-49,52,62,81-82H,4-5,8-18,25-32,37-42H2,1-3,6-7H3,(H,73,86)(H,74,87)(H,75,91)(H,76,92)(H,77,83)(H3,71,72,90)/t48-,49-,52-,62-/m0/s1. The Bertz CT molecular complexity index is 3460. The molecule has 28 nitrogen and oxygen atoms in total. The zero-order valence-electron chi connectivity index (χ0n) is 57.4. The summed E-state index contributed by atoms with van der Waals surface area (Å²) in [6, 6.07) is 8.28. The normalized spacial score (nSPS) is 16.7. The number of hydrogen-bond donors (Lipinski definition) is 9. The van der Waals surface area contributed by atoms with Crippen molar-refractivity contribution in [3.8, 4) is 23.0 Å². The number of nitrogens with one attached hydrogen (secondary N) is 6. The number of nitrogens with zero attached hydrogens (tertiary/aromatic N) is 3. The van der Waals surface area contributed by atoms with Gasteiger partial charge in [0.1, 0.15) is 25.3 Å². The van der Waals surface area contributed by atoms with Crippen molar-refractivity contribution in [3.63, 3.8) is 0 Å². The van der Waals surface area contributed by atoms with E-state index in [1.165, 1.54) is 60.4 Å². The maximum absolute atomic E-state index is 14.3. The van der Waals surface area contributed by atoms with Crippen LogP contribution in [0.5, 0.6) is 23.0 Å². The van der Waals surface area contributed by atoms with Gasteiger partial charge in [0.25, 0.3) is 23.6 Å². The van der Waals surface area contributed by atoms with Crippen LogP contribution in [0.4, 0.5) is 31.4 Å². The van der Waals surface area contributed by atoms with E-state index in [-0.39, 0.29) is 153 Å². The van der Waals surface area contributed by atoms with Gasteiger partial charge in [0, 0.05) is 68.3 Å². The number of aliphatic hydroxyl groups excluding tert-OH is 2. The summed E-state index contributed by atoms with van der Waals surface area (Å²) in [4.78, 5) is 136. The molecule has 100 heavy (non-hydrogen) atoms. The molecule has 3 heterocycles. The third kappa shape index (κ3) is 22.5. The number of ether oxygens (including phenoxy) is 6. The summed E-state index contributed by atoms with van der Waals surface area (Å²) in [6.45, 7) is 14.0. The lowest BCUT2D eigenvalue weighted by molar-refractivity contribution is -0.137. The molecule has 1 saturated carbocycles. The van der Waals surface area contributed by atoms with Gasteiger partial charge in [0.15, 0.2) is 23.0 Å². The molecule has 3 aliphatic heterocycles. The van der Waals surface area contributed by atoms with Crippen LogP contribution in [-0.4, -0.2) is 193 Å². The maximum Gasteiger partial charge on any atom is 0.411 e. The minimum atomic E-state index is -1.13. The number of imide groups is 1. The van der Waals surface area contributed by atoms with Crippen LogP contribution in [0.25, 0.3) is 0 Å². The summed E-state index contributed by atoms with van der Waals surface area (Å²) in [7, 11) is 6.29. The van der Waals surface area contributed by atoms with Gasteiger partial charge in [-0.25, -0.2) is 14.4 Å². The molecule has 30 heteroatoms. The first kappa shape index (κ1) is 78.3. The van der Waals surface area contributed by atoms with Crippen molar-refractivity contribution in [3.05, 3.63) is 102 Å². The monoisotopic (exact) mass is 1430 g/mol. The van der Waals surface area contributed by atoms with E-state index in [2.05, 4.69) is 52.0 Å². The van der Waals surface area contributed by atoms with Gasteiger partial charge in [-0.15, -0.1) is 0 Å². The van der Waals surface area contributed by atoms with Crippen LogP contribution in [-0.2, 0) is 40.1 Å². The second kappa shape index (κ2) is 38.5. The number of anilines is 3. The lowest BCUT2D eigenvalue weighted by Gasteiger charge is -2.39. The molecule has 0 unspecified atom stereocenters. The lowest BCUT2D eigenvalue weighted by Crippen LogP contribution is -2.54. The summed E-state index contributed by atoms with van der Waals surface area (Å²) in [5, 5.41) is 36.6. The zero-order valence-corrected chi connectivity index (χ0v) is 59.0. The van der Waals surface area contributed by atoms with Gasteiger partial charge >= 0.3 is 18.2 Å². The van der Waals surface area contributed by atoms with Crippen molar-refractivity contribution < 1.29 is 86.6 Å². The van der Waals surface area contributed by atoms with E-state index in [0.29, 0.717) is 62.6 Å². The van der Waals surface area contributed by atoms with Crippen LogP contribution in [0.3, 0.4) is 0 Å². The second-order valence-electron chi connectivity index (χ2n) is 25.2. The first-order valence-electron chi connectivity index (χ1n) is 33.6. The number of rotatable bonds is 39. The van der Waals surface area contributed by atoms with Crippen LogP contribution in [0.15, 0.2) is 85.0 Å². The Morgan fingerprint density at radius 2 is 1.24 bits per heavy atom. The number of nitrogens with two attached hydrogens (primary N) is 1. The van der Waals surface area contributed by atoms with Crippen molar-refractivity contribution in [2.24, 2.45) is 11.7 Å². The minimum absolute atomic E-state index is 0.0199. The molecule has 544 valence electrons. The molecule has 4 aliphatic rings. The number of methoxy groups -OCH3 is 2. The highest BCUT2D eigenvalue weighted by Crippen LogP contribution is 2.50. The highest BCUT2D eigenvalue weighted by Gasteiger charge is 2.40. The van der Waals surface area contributed by atoms with E-state index in [1.807, 2.05) is 0 Å². The minimum Gasteiger partial charge on any atom is -0.493 e. The summed E-state index contributed by atoms with van der Waals surface area (Å²) >= 11 is 0. The van der Waals surface area contributed by atoms with Crippen molar-refractivity contribution in [1.82, 2.24) is 30.7 Å². The Balaban J connectivity index is 0.953. The molecular weight excluding hydrogens is 1330 g/mol. The second-order valence-corrected chi connectivity index (χ2v) is 28.2. The Morgan fingerprint density at radius 3 is 1.74 bits per heavy atom. The average molecular weight is 1430 g/mol. The number of benzene rings is 3. The first-order chi connectivity index (χ1) is 48.0. The first-order valence-corrected chi connectivity index (χ1v) is 35.9. The van der Waals surface area contributed by atoms with Crippen molar-refractivity contribution >= 4 is 98.2 Å². The molecule has 0 bridgehead atoms. The molecule has 0 spiro atoms. The number of unbranched alkanes of at least 4 members (excludes halogenated alkanes) is 4. The van der Waals surface area contributed by atoms with Gasteiger partial charge < -0.3 is 75.4 Å². The average Bonchev–Trinajstić information content (AvgIpc) is 1.55. The Kier molecular flexibility index (Phi) is 30.2. The van der Waals surface area contributed by atoms with Gasteiger partial charge in [-0.1, -0.05) is 91.6 Å². The molecule has 2 saturated heterocycles. The smallest absolute Gasteiger partial charge is 0.411 e. The van der Waals surface area contributed by atoms with Crippen molar-refractivity contribution in [2.45, 2.75) is 146 Å². The van der Waals surface area contributed by atoms with E-state index < -0.39 is 71.9 Å². The fraction of sp³-hybridized carbons (Fsp3) is 0.514. The molecule has 11 amide bonds. The number of aliphatic hydroxyl groups is 2. The molecule has 7 rings (SSSR count). The third-order valence-electron chi connectivity index (χ3n) is 17.2. The number of carbonyl (C=O) groups excluding carboxylic acids is 10. The summed E-state index contributed by atoms with van der Waals surface area (Å²) < 4.78 is 35.1. The van der Waals surface area contributed by atoms with E-state index >= 15 is 0 Å². The molecule has 0 radical (unpaired) electrons. The molecule has 10 N–H and O–H groups in total. The largest absolute Gasteiger partial charge is 0.493 e. The summed E-state index contributed by atoms with van der Waals surface area (Å²) in [6.07, 6.45) is 7.96. The molecule has 1 aliphatic carbocycles. The SMILES string of the molecule is C=C1C[C@@H](CO)N(C(=O)c2cc(OC)c(OCCCCCOc3cc(NC(=O)OCC4(SSCC)CCC4)c(C(=O)N4CC(=C)C[C@H]4CO)cc3OC)cc2NC(=O)OCc2ccc(NC(=O)[C@H](CCCNC(N)=O)NC(=O)[C@@H](NC(=O)CCCCCN3C(=O)C=CC3=O)C(C)C)cc2)C1. The quantitative estimate of drug-likeness (QED) is 0.0113. The highest BCUT2D eigenvalue weighted by atomic mass is 33.1. The molecule has 0 aromatic heterocycles. The van der Waals surface area contributed by atoms with Crippen molar-refractivity contribution in [1.29, 1.82) is 0 Å². The Hall–Kier alpha value is -9.00. The fourth-order valence-electron chi connectivity index (χ4n) is 11.6. The van der Waals surface area contributed by atoms with Gasteiger partial charge in [0.2, 0.25) is 17.7 Å². The number of urea groups is 1. The van der Waals surface area contributed by atoms with Crippen LogP contribution in [0.2, 0.25) is 0 Å². The number of amides is 11. The summed E-state index contributed by atoms with van der Waals surface area (Å²) in [5.41, 5.74) is 7.90. The predicted molar refractivity (Wildman–Crippen MR) is 378 cm³/mol. The van der Waals surface area contributed by atoms with E-state index in [1.54, 1.807) is 59.7 Å². The van der Waals surface area contributed by atoms with Crippen LogP contribution in [0.1, 0.15) is 137 Å². The van der Waals surface area contributed by atoms with E-state index in [9.17, 15) is 58.2 Å². The lowest BCUT2D eigenvalue weighted by atomic mass is 9.85. The van der Waals surface area contributed by atoms with Gasteiger partial charge in [-0.05, 0) is 106 Å². The third-order valence-corrected chi connectivity index (χ3v) is 20.6. The van der Waals surface area contributed by atoms with Gasteiger partial charge in [0.05, 0.1) is 80.0 Å². The van der Waals surface area contributed by atoms with E-state index in [0.717, 1.165) is 41.1 Å². The predicted octanol–water partition coefficient (Wildman–Crippen LogP) is 7.98. The molecular formula is C70H94N10O18S2. The van der Waals surface area contributed by atoms with Gasteiger partial charge in [-0.2, -0.15) is 0 Å². The maximum atomic E-state index is 14.3. The molecule has 3 fully saturated rings. The fourth-order valence-corrected chi connectivity index (χ4v) is 14.3. The Labute approximate surface area is 590 Å². The summed E-state index contributed by atoms with van der Waals surface area (Å²) in [5.74, 6) is -1.92. The topological polar surface area (TPSA) is 374 Å². The zero-order chi connectivity index (χ0) is 72.5. The Morgan fingerprint density at radius 1 is 0.690 bits per heavy atom. The highest BCUT2D eigenvalue weighted by molar-refractivity contribution is 8.77.